The van der Waals surface area contributed by atoms with Gasteiger partial charge in [-0.1, -0.05) is 12.1 Å². The summed E-state index contributed by atoms with van der Waals surface area (Å²) in [6.07, 6.45) is 0.607. The Bertz CT molecular complexity index is 829. The molecule has 0 spiro atoms. The number of methoxy groups -OCH3 is 2. The molecule has 0 saturated carbocycles. The first kappa shape index (κ1) is 22.1. The van der Waals surface area contributed by atoms with E-state index in [1.807, 2.05) is 50.2 Å². The highest BCUT2D eigenvalue weighted by Crippen LogP contribution is 2.27. The van der Waals surface area contributed by atoms with Crippen LogP contribution in [-0.2, 0) is 20.7 Å². The molecule has 7 heteroatoms. The fourth-order valence-electron chi connectivity index (χ4n) is 2.78. The van der Waals surface area contributed by atoms with E-state index < -0.39 is 5.97 Å². The van der Waals surface area contributed by atoms with Crippen LogP contribution in [0.5, 0.6) is 17.2 Å². The second kappa shape index (κ2) is 10.9. The minimum atomic E-state index is -0.598. The Morgan fingerprint density at radius 3 is 2.24 bits per heavy atom. The Morgan fingerprint density at radius 1 is 0.897 bits per heavy atom. The average Bonchev–Trinajstić information content (AvgIpc) is 2.69. The third kappa shape index (κ3) is 7.37. The summed E-state index contributed by atoms with van der Waals surface area (Å²) in [5.74, 6) is 0.910. The molecule has 7 nitrogen and oxygen atoms in total. The van der Waals surface area contributed by atoms with Crippen LogP contribution in [0.15, 0.2) is 36.4 Å². The van der Waals surface area contributed by atoms with Gasteiger partial charge in [-0.05, 0) is 61.2 Å². The van der Waals surface area contributed by atoms with Crippen molar-refractivity contribution in [3.05, 3.63) is 53.1 Å². The van der Waals surface area contributed by atoms with Crippen LogP contribution in [0.1, 0.15) is 16.7 Å². The largest absolute Gasteiger partial charge is 0.493 e. The Balaban J connectivity index is 1.68. The Kier molecular flexibility index (Phi) is 8.33. The van der Waals surface area contributed by atoms with E-state index >= 15 is 0 Å². The molecular formula is C22H27NO6. The molecule has 0 bridgehead atoms. The maximum Gasteiger partial charge on any atom is 0.344 e. The topological polar surface area (TPSA) is 83.1 Å². The molecule has 29 heavy (non-hydrogen) atoms. The fraction of sp³-hybridized carbons (Fsp3) is 0.364. The van der Waals surface area contributed by atoms with E-state index in [2.05, 4.69) is 5.32 Å². The number of ether oxygens (including phenoxy) is 4. The van der Waals surface area contributed by atoms with Crippen molar-refractivity contribution in [2.24, 2.45) is 0 Å². The standard InChI is InChI=1S/C22H27NO6/c1-15-9-16(2)11-18(10-15)28-14-22(25)29-13-21(24)23-8-7-17-5-6-19(26-3)20(12-17)27-4/h5-6,9-12H,7-8,13-14H2,1-4H3,(H,23,24). The molecule has 0 atom stereocenters. The molecule has 156 valence electrons. The monoisotopic (exact) mass is 401 g/mol. The van der Waals surface area contributed by atoms with Crippen molar-refractivity contribution in [3.63, 3.8) is 0 Å². The van der Waals surface area contributed by atoms with Crippen molar-refractivity contribution in [2.45, 2.75) is 20.3 Å². The van der Waals surface area contributed by atoms with Crippen LogP contribution in [0.4, 0.5) is 0 Å². The van der Waals surface area contributed by atoms with Crippen molar-refractivity contribution in [2.75, 3.05) is 34.0 Å². The number of benzene rings is 2. The highest BCUT2D eigenvalue weighted by molar-refractivity contribution is 5.80. The molecule has 0 heterocycles. The molecule has 2 aromatic rings. The van der Waals surface area contributed by atoms with Gasteiger partial charge in [-0.15, -0.1) is 0 Å². The molecule has 0 saturated heterocycles. The van der Waals surface area contributed by atoms with Gasteiger partial charge in [0.05, 0.1) is 14.2 Å². The van der Waals surface area contributed by atoms with Gasteiger partial charge in [-0.2, -0.15) is 0 Å². The number of aryl methyl sites for hydroxylation is 2. The van der Waals surface area contributed by atoms with Crippen LogP contribution in [0.2, 0.25) is 0 Å². The van der Waals surface area contributed by atoms with E-state index in [4.69, 9.17) is 18.9 Å². The van der Waals surface area contributed by atoms with Crippen molar-refractivity contribution < 1.29 is 28.5 Å². The normalized spacial score (nSPS) is 10.2. The number of nitrogens with one attached hydrogen (secondary N) is 1. The summed E-state index contributed by atoms with van der Waals surface area (Å²) in [7, 11) is 3.15. The van der Waals surface area contributed by atoms with Gasteiger partial charge in [0.25, 0.3) is 5.91 Å². The number of esters is 1. The maximum absolute atomic E-state index is 11.9. The summed E-state index contributed by atoms with van der Waals surface area (Å²) < 4.78 is 20.8. The smallest absolute Gasteiger partial charge is 0.344 e. The molecule has 0 aliphatic rings. The second-order valence-electron chi connectivity index (χ2n) is 6.56. The van der Waals surface area contributed by atoms with Crippen LogP contribution >= 0.6 is 0 Å². The Hall–Kier alpha value is -3.22. The lowest BCUT2D eigenvalue weighted by molar-refractivity contribution is -0.150. The van der Waals surface area contributed by atoms with Crippen LogP contribution in [0, 0.1) is 13.8 Å². The first-order chi connectivity index (χ1) is 13.9. The number of hydrogen-bond donors (Lipinski definition) is 1. The highest BCUT2D eigenvalue weighted by Gasteiger charge is 2.09. The van der Waals surface area contributed by atoms with Crippen molar-refractivity contribution in [1.29, 1.82) is 0 Å². The first-order valence-corrected chi connectivity index (χ1v) is 9.25. The quantitative estimate of drug-likeness (QED) is 0.616. The molecule has 0 fully saturated rings. The molecular weight excluding hydrogens is 374 g/mol. The van der Waals surface area contributed by atoms with Gasteiger partial charge in [-0.3, -0.25) is 4.79 Å². The average molecular weight is 401 g/mol. The summed E-state index contributed by atoms with van der Waals surface area (Å²) in [6, 6.07) is 11.3. The molecule has 0 aromatic heterocycles. The van der Waals surface area contributed by atoms with E-state index in [9.17, 15) is 9.59 Å². The second-order valence-corrected chi connectivity index (χ2v) is 6.56. The first-order valence-electron chi connectivity index (χ1n) is 9.25. The molecule has 2 aromatic carbocycles. The number of carbonyl (C=O) groups excluding carboxylic acids is 2. The van der Waals surface area contributed by atoms with Crippen molar-refractivity contribution in [3.8, 4) is 17.2 Å². The van der Waals surface area contributed by atoms with Gasteiger partial charge in [0.1, 0.15) is 5.75 Å². The van der Waals surface area contributed by atoms with Gasteiger partial charge in [-0.25, -0.2) is 4.79 Å². The van der Waals surface area contributed by atoms with Crippen molar-refractivity contribution >= 4 is 11.9 Å². The summed E-state index contributed by atoms with van der Waals surface area (Å²) in [5, 5.41) is 2.71. The lowest BCUT2D eigenvalue weighted by Crippen LogP contribution is -2.31. The van der Waals surface area contributed by atoms with Gasteiger partial charge in [0.2, 0.25) is 0 Å². The summed E-state index contributed by atoms with van der Waals surface area (Å²) in [5.41, 5.74) is 3.08. The van der Waals surface area contributed by atoms with Crippen LogP contribution in [0.25, 0.3) is 0 Å². The van der Waals surface area contributed by atoms with E-state index in [0.717, 1.165) is 16.7 Å². The number of hydrogen-bond acceptors (Lipinski definition) is 6. The van der Waals surface area contributed by atoms with Crippen LogP contribution in [0.3, 0.4) is 0 Å². The van der Waals surface area contributed by atoms with Gasteiger partial charge >= 0.3 is 5.97 Å². The number of carbonyl (C=O) groups is 2. The van der Waals surface area contributed by atoms with Gasteiger partial charge < -0.3 is 24.3 Å². The SMILES string of the molecule is COc1ccc(CCNC(=O)COC(=O)COc2cc(C)cc(C)c2)cc1OC. The summed E-state index contributed by atoms with van der Waals surface area (Å²) in [4.78, 5) is 23.6. The summed E-state index contributed by atoms with van der Waals surface area (Å²) in [6.45, 7) is 3.71. The Morgan fingerprint density at radius 2 is 1.59 bits per heavy atom. The molecule has 0 aliphatic carbocycles. The Labute approximate surface area is 170 Å². The lowest BCUT2D eigenvalue weighted by Gasteiger charge is -2.10. The van der Waals surface area contributed by atoms with Gasteiger partial charge in [0.15, 0.2) is 24.7 Å². The number of rotatable bonds is 10. The zero-order valence-corrected chi connectivity index (χ0v) is 17.2. The zero-order valence-electron chi connectivity index (χ0n) is 17.2. The molecule has 0 radical (unpaired) electrons. The number of amides is 1. The van der Waals surface area contributed by atoms with Crippen LogP contribution < -0.4 is 19.5 Å². The van der Waals surface area contributed by atoms with E-state index in [1.165, 1.54) is 0 Å². The van der Waals surface area contributed by atoms with E-state index in [1.54, 1.807) is 14.2 Å². The molecule has 0 aliphatic heterocycles. The van der Waals surface area contributed by atoms with E-state index in [0.29, 0.717) is 30.2 Å². The lowest BCUT2D eigenvalue weighted by atomic mass is 10.1. The minimum Gasteiger partial charge on any atom is -0.493 e. The van der Waals surface area contributed by atoms with E-state index in [-0.39, 0.29) is 19.1 Å². The van der Waals surface area contributed by atoms with Gasteiger partial charge in [0, 0.05) is 6.54 Å². The van der Waals surface area contributed by atoms with Crippen molar-refractivity contribution in [1.82, 2.24) is 5.32 Å². The molecule has 1 N–H and O–H groups in total. The third-order valence-electron chi connectivity index (χ3n) is 4.10. The molecule has 0 unspecified atom stereocenters. The molecule has 1 amide bonds. The molecule has 2 rings (SSSR count). The third-order valence-corrected chi connectivity index (χ3v) is 4.10. The zero-order chi connectivity index (χ0) is 21.2. The predicted octanol–water partition coefficient (Wildman–Crippen LogP) is 2.60. The predicted molar refractivity (Wildman–Crippen MR) is 109 cm³/mol. The highest BCUT2D eigenvalue weighted by atomic mass is 16.6. The van der Waals surface area contributed by atoms with Crippen LogP contribution in [-0.4, -0.2) is 45.9 Å². The maximum atomic E-state index is 11.9. The summed E-state index contributed by atoms with van der Waals surface area (Å²) >= 11 is 0. The minimum absolute atomic E-state index is 0.248. The fourth-order valence-corrected chi connectivity index (χ4v) is 2.78.